The van der Waals surface area contributed by atoms with Crippen LogP contribution in [-0.4, -0.2) is 67.8 Å². The van der Waals surface area contributed by atoms with Gasteiger partial charge in [-0.3, -0.25) is 9.69 Å². The molecule has 0 radical (unpaired) electrons. The topological polar surface area (TPSA) is 73.8 Å². The highest BCUT2D eigenvalue weighted by Crippen LogP contribution is 2.34. The number of rotatable bonds is 9. The second kappa shape index (κ2) is 11.5. The number of likely N-dealkylation sites (N-methyl/N-ethyl adjacent to an activating group) is 1. The second-order valence-corrected chi connectivity index (χ2v) is 14.2. The zero-order chi connectivity index (χ0) is 25.2. The van der Waals surface area contributed by atoms with Crippen LogP contribution >= 0.6 is 50.2 Å². The average molecular weight is 620 g/mol. The Balaban J connectivity index is 1.60. The van der Waals surface area contributed by atoms with Gasteiger partial charge in [0.05, 0.1) is 20.5 Å². The maximum Gasteiger partial charge on any atom is 0.252 e. The van der Waals surface area contributed by atoms with Crippen molar-refractivity contribution in [3.05, 3.63) is 39.1 Å². The molecule has 12 heteroatoms. The summed E-state index contributed by atoms with van der Waals surface area (Å²) in [5, 5.41) is 0.653. The highest BCUT2D eigenvalue weighted by atomic mass is 79.9. The number of fused-ring (bicyclic) bond motifs is 1. The Morgan fingerprint density at radius 3 is 2.66 bits per heavy atom. The number of hydrogen-bond acceptors (Lipinski definition) is 7. The van der Waals surface area contributed by atoms with Gasteiger partial charge in [0.25, 0.3) is 10.0 Å². The highest BCUT2D eigenvalue weighted by Gasteiger charge is 2.36. The zero-order valence-electron chi connectivity index (χ0n) is 19.6. The lowest BCUT2D eigenvalue weighted by molar-refractivity contribution is -0.123. The summed E-state index contributed by atoms with van der Waals surface area (Å²) in [5.74, 6) is -0.496. The van der Waals surface area contributed by atoms with Crippen molar-refractivity contribution in [1.82, 2.24) is 14.2 Å². The van der Waals surface area contributed by atoms with Crippen molar-refractivity contribution < 1.29 is 13.2 Å². The Labute approximate surface area is 227 Å². The molecule has 1 aliphatic heterocycles. The van der Waals surface area contributed by atoms with Crippen LogP contribution in [-0.2, 0) is 14.8 Å². The van der Waals surface area contributed by atoms with Gasteiger partial charge in [-0.15, -0.1) is 11.3 Å². The first-order chi connectivity index (χ1) is 16.7. The van der Waals surface area contributed by atoms with Crippen molar-refractivity contribution in [2.24, 2.45) is 5.92 Å². The number of sulfonamides is 1. The van der Waals surface area contributed by atoms with E-state index >= 15 is 0 Å². The van der Waals surface area contributed by atoms with Crippen LogP contribution in [0.1, 0.15) is 26.7 Å². The smallest absolute Gasteiger partial charge is 0.252 e. The van der Waals surface area contributed by atoms with Gasteiger partial charge in [-0.25, -0.2) is 13.4 Å². The fourth-order valence-corrected chi connectivity index (χ4v) is 8.94. The van der Waals surface area contributed by atoms with E-state index in [-0.39, 0.29) is 16.7 Å². The van der Waals surface area contributed by atoms with Gasteiger partial charge >= 0.3 is 0 Å². The number of nitrogens with zero attached hydrogens (tertiary/aromatic N) is 4. The van der Waals surface area contributed by atoms with Crippen molar-refractivity contribution in [1.29, 1.82) is 0 Å². The normalized spacial score (nSPS) is 17.3. The molecule has 0 spiro atoms. The quantitative estimate of drug-likeness (QED) is 0.314. The molecule has 190 valence electrons. The number of halogens is 2. The van der Waals surface area contributed by atoms with Crippen LogP contribution in [0.2, 0.25) is 4.34 Å². The van der Waals surface area contributed by atoms with E-state index in [1.54, 1.807) is 11.0 Å². The van der Waals surface area contributed by atoms with Crippen LogP contribution in [0.3, 0.4) is 0 Å². The van der Waals surface area contributed by atoms with E-state index in [4.69, 9.17) is 16.6 Å². The molecule has 0 bridgehead atoms. The summed E-state index contributed by atoms with van der Waals surface area (Å²) in [7, 11) is -3.69. The summed E-state index contributed by atoms with van der Waals surface area (Å²) in [6, 6.07) is 9.00. The van der Waals surface area contributed by atoms with Gasteiger partial charge in [-0.05, 0) is 56.3 Å². The van der Waals surface area contributed by atoms with Gasteiger partial charge < -0.3 is 4.90 Å². The van der Waals surface area contributed by atoms with Crippen LogP contribution in [0, 0.1) is 5.92 Å². The first-order valence-corrected chi connectivity index (χ1v) is 15.8. The van der Waals surface area contributed by atoms with Crippen LogP contribution in [0.25, 0.3) is 10.2 Å². The summed E-state index contributed by atoms with van der Waals surface area (Å²) in [4.78, 5) is 22.7. The Hall–Kier alpha value is -1.08. The maximum absolute atomic E-state index is 13.9. The highest BCUT2D eigenvalue weighted by molar-refractivity contribution is 9.10. The number of aromatic nitrogens is 1. The molecule has 1 fully saturated rings. The van der Waals surface area contributed by atoms with E-state index in [9.17, 15) is 13.2 Å². The molecule has 1 atom stereocenters. The third kappa shape index (κ3) is 6.08. The van der Waals surface area contributed by atoms with Gasteiger partial charge in [0.15, 0.2) is 5.13 Å². The van der Waals surface area contributed by atoms with E-state index in [1.165, 1.54) is 21.7 Å². The van der Waals surface area contributed by atoms with Gasteiger partial charge in [-0.1, -0.05) is 52.7 Å². The third-order valence-electron chi connectivity index (χ3n) is 6.25. The molecule has 3 heterocycles. The number of thiophene rings is 1. The van der Waals surface area contributed by atoms with Gasteiger partial charge in [0, 0.05) is 30.7 Å². The fourth-order valence-electron chi connectivity index (χ4n) is 4.23. The molecule has 3 aromatic rings. The number of benzene rings is 1. The predicted octanol–water partition coefficient (Wildman–Crippen LogP) is 5.55. The number of anilines is 1. The van der Waals surface area contributed by atoms with E-state index in [1.807, 2.05) is 18.2 Å². The molecule has 7 nitrogen and oxygen atoms in total. The molecule has 0 aliphatic carbocycles. The Bertz CT molecular complexity index is 1290. The fraction of sp³-hybridized carbons (Fsp3) is 0.478. The van der Waals surface area contributed by atoms with Crippen molar-refractivity contribution in [3.63, 3.8) is 0 Å². The Morgan fingerprint density at radius 2 is 1.97 bits per heavy atom. The van der Waals surface area contributed by atoms with Crippen LogP contribution < -0.4 is 4.90 Å². The predicted molar refractivity (Wildman–Crippen MR) is 148 cm³/mol. The minimum atomic E-state index is -3.69. The molecule has 1 unspecified atom stereocenters. The summed E-state index contributed by atoms with van der Waals surface area (Å²) in [5.41, 5.74) is 0.844. The first kappa shape index (κ1) is 27.0. The van der Waals surface area contributed by atoms with Crippen LogP contribution in [0.15, 0.2) is 39.0 Å². The lowest BCUT2D eigenvalue weighted by Crippen LogP contribution is -2.48. The SMILES string of the molecule is CCN(CC)CCN(C(=O)C1CCCN(S(=O)(=O)c2ccc(Cl)s2)C1)c1nc2ccc(Br)cc2s1. The van der Waals surface area contributed by atoms with E-state index in [0.717, 1.165) is 45.7 Å². The monoisotopic (exact) mass is 618 g/mol. The molecule has 4 rings (SSSR count). The average Bonchev–Trinajstić information content (AvgIpc) is 3.48. The largest absolute Gasteiger partial charge is 0.302 e. The number of amides is 1. The number of carbonyl (C=O) groups excluding carboxylic acids is 1. The first-order valence-electron chi connectivity index (χ1n) is 11.6. The third-order valence-corrected chi connectivity index (χ3v) is 11.3. The molecule has 1 amide bonds. The van der Waals surface area contributed by atoms with E-state index in [2.05, 4.69) is 34.7 Å². The standard InChI is InChI=1S/C23H28BrClN4O3S3/c1-3-27(4-2)12-13-29(23-26-18-8-7-17(24)14-19(18)33-23)22(30)16-6-5-11-28(15-16)35(31,32)21-10-9-20(25)34-21/h7-10,14,16H,3-6,11-13,15H2,1-2H3. The molecule has 1 aliphatic rings. The molecule has 2 aromatic heterocycles. The molecule has 1 aromatic carbocycles. The van der Waals surface area contributed by atoms with Crippen molar-refractivity contribution in [3.8, 4) is 0 Å². The van der Waals surface area contributed by atoms with E-state index in [0.29, 0.717) is 35.4 Å². The molecule has 35 heavy (non-hydrogen) atoms. The van der Waals surface area contributed by atoms with Gasteiger partial charge in [0.1, 0.15) is 4.21 Å². The summed E-state index contributed by atoms with van der Waals surface area (Å²) in [6.07, 6.45) is 1.28. The number of carbonyl (C=O) groups is 1. The summed E-state index contributed by atoms with van der Waals surface area (Å²) in [6.45, 7) is 7.78. The molecule has 0 saturated carbocycles. The summed E-state index contributed by atoms with van der Waals surface area (Å²) >= 11 is 12.0. The number of hydrogen-bond donors (Lipinski definition) is 0. The van der Waals surface area contributed by atoms with E-state index < -0.39 is 15.9 Å². The molecule has 0 N–H and O–H groups in total. The number of thiazole rings is 1. The van der Waals surface area contributed by atoms with Gasteiger partial charge in [-0.2, -0.15) is 4.31 Å². The minimum Gasteiger partial charge on any atom is -0.302 e. The second-order valence-electron chi connectivity index (χ2n) is 8.39. The Morgan fingerprint density at radius 1 is 1.20 bits per heavy atom. The van der Waals surface area contributed by atoms with Crippen LogP contribution in [0.5, 0.6) is 0 Å². The minimum absolute atomic E-state index is 0.0700. The lowest BCUT2D eigenvalue weighted by atomic mass is 9.98. The number of piperidine rings is 1. The molecular formula is C23H28BrClN4O3S3. The van der Waals surface area contributed by atoms with Gasteiger partial charge in [0.2, 0.25) is 5.91 Å². The maximum atomic E-state index is 13.9. The lowest BCUT2D eigenvalue weighted by Gasteiger charge is -2.34. The summed E-state index contributed by atoms with van der Waals surface area (Å²) < 4.78 is 30.4. The van der Waals surface area contributed by atoms with Crippen molar-refractivity contribution in [2.45, 2.75) is 30.9 Å². The van der Waals surface area contributed by atoms with Crippen LogP contribution in [0.4, 0.5) is 5.13 Å². The van der Waals surface area contributed by atoms with Crippen molar-refractivity contribution in [2.75, 3.05) is 44.2 Å². The Kier molecular flexibility index (Phi) is 8.89. The van der Waals surface area contributed by atoms with Crippen molar-refractivity contribution >= 4 is 81.5 Å². The molecular weight excluding hydrogens is 592 g/mol. The molecule has 1 saturated heterocycles. The zero-order valence-corrected chi connectivity index (χ0v) is 24.4.